The molecule has 0 radical (unpaired) electrons. The van der Waals surface area contributed by atoms with Gasteiger partial charge in [-0.1, -0.05) is 30.3 Å². The van der Waals surface area contributed by atoms with Crippen molar-refractivity contribution in [2.45, 2.75) is 59.0 Å². The number of rotatable bonds is 7. The van der Waals surface area contributed by atoms with Crippen molar-refractivity contribution in [1.29, 1.82) is 0 Å². The summed E-state index contributed by atoms with van der Waals surface area (Å²) in [4.78, 5) is 15.2. The van der Waals surface area contributed by atoms with Crippen LogP contribution in [0, 0.1) is 20.8 Å². The number of nitrogens with zero attached hydrogens (tertiary/aromatic N) is 7. The number of likely N-dealkylation sites (tertiary alicyclic amines) is 1. The molecule has 1 aliphatic heterocycles. The van der Waals surface area contributed by atoms with Gasteiger partial charge in [-0.25, -0.2) is 4.68 Å². The molecule has 1 N–H and O–H groups in total. The highest BCUT2D eigenvalue weighted by atomic mass is 16.1. The second-order valence-electron chi connectivity index (χ2n) is 9.37. The highest BCUT2D eigenvalue weighted by molar-refractivity contribution is 5.76. The van der Waals surface area contributed by atoms with E-state index in [4.69, 9.17) is 5.10 Å². The highest BCUT2D eigenvalue weighted by Crippen LogP contribution is 2.19. The maximum absolute atomic E-state index is 12.7. The van der Waals surface area contributed by atoms with E-state index in [0.29, 0.717) is 24.3 Å². The van der Waals surface area contributed by atoms with E-state index in [0.717, 1.165) is 55.3 Å². The molecule has 35 heavy (non-hydrogen) atoms. The second kappa shape index (κ2) is 9.95. The summed E-state index contributed by atoms with van der Waals surface area (Å²) in [6.07, 6.45) is 3.09. The van der Waals surface area contributed by atoms with Crippen molar-refractivity contribution in [3.63, 3.8) is 0 Å². The number of carbonyl (C=O) groups is 1. The van der Waals surface area contributed by atoms with Crippen molar-refractivity contribution in [3.8, 4) is 5.82 Å². The molecule has 0 unspecified atom stereocenters. The first-order valence-corrected chi connectivity index (χ1v) is 12.3. The Hall–Kier alpha value is -3.59. The normalized spacial score (nSPS) is 15.1. The summed E-state index contributed by atoms with van der Waals surface area (Å²) in [5.41, 5.74) is 5.07. The van der Waals surface area contributed by atoms with E-state index in [1.807, 2.05) is 37.6 Å². The van der Waals surface area contributed by atoms with Crippen LogP contribution >= 0.6 is 0 Å². The summed E-state index contributed by atoms with van der Waals surface area (Å²) >= 11 is 0. The number of nitrogens with one attached hydrogen (secondary N) is 1. The smallest absolute Gasteiger partial charge is 0.220 e. The molecule has 0 aliphatic carbocycles. The first-order chi connectivity index (χ1) is 17.0. The third-order valence-corrected chi connectivity index (χ3v) is 6.87. The molecule has 182 valence electrons. The number of carbonyl (C=O) groups excluding carboxylic acids is 1. The fraction of sp³-hybridized carbons (Fsp3) is 0.423. The van der Waals surface area contributed by atoms with Crippen LogP contribution in [0.2, 0.25) is 0 Å². The molecule has 1 aromatic carbocycles. The summed E-state index contributed by atoms with van der Waals surface area (Å²) < 4.78 is 3.55. The first-order valence-electron chi connectivity index (χ1n) is 12.3. The topological polar surface area (TPSA) is 93.2 Å². The summed E-state index contributed by atoms with van der Waals surface area (Å²) in [5, 5.41) is 20.7. The lowest BCUT2D eigenvalue weighted by Gasteiger charge is -2.32. The SMILES string of the molecule is Cc1nn(-c2ccc3nnc(C)n3n2)c(C)c1CCC(=O)NC1CCN(Cc2ccccc2)CC1. The van der Waals surface area contributed by atoms with Gasteiger partial charge in [0, 0.05) is 37.8 Å². The molecular weight excluding hydrogens is 440 g/mol. The minimum Gasteiger partial charge on any atom is -0.353 e. The van der Waals surface area contributed by atoms with E-state index in [-0.39, 0.29) is 11.9 Å². The summed E-state index contributed by atoms with van der Waals surface area (Å²) in [6.45, 7) is 8.88. The number of piperidine rings is 1. The Morgan fingerprint density at radius 1 is 1.00 bits per heavy atom. The van der Waals surface area contributed by atoms with Crippen LogP contribution in [0.15, 0.2) is 42.5 Å². The molecule has 5 rings (SSSR count). The third kappa shape index (κ3) is 5.09. The minimum absolute atomic E-state index is 0.109. The zero-order valence-electron chi connectivity index (χ0n) is 20.6. The predicted molar refractivity (Wildman–Crippen MR) is 133 cm³/mol. The molecule has 1 amide bonds. The minimum atomic E-state index is 0.109. The average molecular weight is 473 g/mol. The van der Waals surface area contributed by atoms with Crippen molar-refractivity contribution in [1.82, 2.24) is 39.8 Å². The van der Waals surface area contributed by atoms with Crippen LogP contribution in [0.1, 0.15) is 47.6 Å². The van der Waals surface area contributed by atoms with Crippen LogP contribution in [0.5, 0.6) is 0 Å². The number of amides is 1. The second-order valence-corrected chi connectivity index (χ2v) is 9.37. The molecule has 1 fully saturated rings. The van der Waals surface area contributed by atoms with Gasteiger partial charge in [-0.15, -0.1) is 15.3 Å². The predicted octanol–water partition coefficient (Wildman–Crippen LogP) is 2.95. The maximum Gasteiger partial charge on any atom is 0.220 e. The molecule has 1 aliphatic rings. The Labute approximate surface area is 205 Å². The van der Waals surface area contributed by atoms with Crippen molar-refractivity contribution in [2.75, 3.05) is 13.1 Å². The van der Waals surface area contributed by atoms with Crippen molar-refractivity contribution < 1.29 is 4.79 Å². The number of benzene rings is 1. The van der Waals surface area contributed by atoms with Crippen LogP contribution in [0.4, 0.5) is 0 Å². The molecule has 9 nitrogen and oxygen atoms in total. The van der Waals surface area contributed by atoms with Gasteiger partial charge < -0.3 is 5.32 Å². The van der Waals surface area contributed by atoms with Gasteiger partial charge in [0.15, 0.2) is 17.3 Å². The monoisotopic (exact) mass is 472 g/mol. The summed E-state index contributed by atoms with van der Waals surface area (Å²) in [6, 6.07) is 14.6. The number of hydrogen-bond acceptors (Lipinski definition) is 6. The van der Waals surface area contributed by atoms with E-state index in [9.17, 15) is 4.79 Å². The zero-order chi connectivity index (χ0) is 24.4. The van der Waals surface area contributed by atoms with Crippen molar-refractivity contribution in [3.05, 3.63) is 70.8 Å². The van der Waals surface area contributed by atoms with E-state index in [1.54, 1.807) is 4.52 Å². The van der Waals surface area contributed by atoms with Crippen molar-refractivity contribution in [2.24, 2.45) is 0 Å². The van der Waals surface area contributed by atoms with Gasteiger partial charge in [0.25, 0.3) is 0 Å². The standard InChI is InChI=1S/C26H32N8O/c1-18-23(19(2)33(30-18)25-11-10-24-29-28-20(3)34(24)31-25)9-12-26(35)27-22-13-15-32(16-14-22)17-21-7-5-4-6-8-21/h4-8,10-11,22H,9,12-17H2,1-3H3,(H,27,35). The molecule has 1 saturated heterocycles. The Bertz CT molecular complexity index is 1320. The molecule has 4 heterocycles. The average Bonchev–Trinajstić information content (AvgIpc) is 3.37. The molecule has 3 aromatic heterocycles. The van der Waals surface area contributed by atoms with Crippen LogP contribution in [-0.2, 0) is 17.8 Å². The Kier molecular flexibility index (Phi) is 6.59. The molecule has 4 aromatic rings. The van der Waals surface area contributed by atoms with E-state index >= 15 is 0 Å². The lowest BCUT2D eigenvalue weighted by molar-refractivity contribution is -0.122. The van der Waals surface area contributed by atoms with E-state index < -0.39 is 0 Å². The molecule has 9 heteroatoms. The zero-order valence-corrected chi connectivity index (χ0v) is 20.6. The van der Waals surface area contributed by atoms with Gasteiger partial charge in [0.2, 0.25) is 5.91 Å². The van der Waals surface area contributed by atoms with Gasteiger partial charge in [0.05, 0.1) is 5.69 Å². The highest BCUT2D eigenvalue weighted by Gasteiger charge is 2.21. The fourth-order valence-corrected chi connectivity index (χ4v) is 4.87. The lowest BCUT2D eigenvalue weighted by atomic mass is 10.0. The van der Waals surface area contributed by atoms with Crippen LogP contribution in [-0.4, -0.2) is 59.5 Å². The van der Waals surface area contributed by atoms with Gasteiger partial charge in [-0.2, -0.15) is 9.61 Å². The van der Waals surface area contributed by atoms with Gasteiger partial charge >= 0.3 is 0 Å². The Balaban J connectivity index is 1.15. The fourth-order valence-electron chi connectivity index (χ4n) is 4.87. The molecule has 0 atom stereocenters. The molecule has 0 spiro atoms. The quantitative estimate of drug-likeness (QED) is 0.445. The Morgan fingerprint density at radius 2 is 1.77 bits per heavy atom. The largest absolute Gasteiger partial charge is 0.353 e. The van der Waals surface area contributed by atoms with Crippen LogP contribution in [0.3, 0.4) is 0 Å². The van der Waals surface area contributed by atoms with Gasteiger partial charge in [-0.3, -0.25) is 9.69 Å². The summed E-state index contributed by atoms with van der Waals surface area (Å²) in [7, 11) is 0. The Morgan fingerprint density at radius 3 is 2.54 bits per heavy atom. The van der Waals surface area contributed by atoms with Crippen LogP contribution in [0.25, 0.3) is 11.5 Å². The van der Waals surface area contributed by atoms with Crippen molar-refractivity contribution >= 4 is 11.6 Å². The number of aryl methyl sites for hydroxylation is 2. The third-order valence-electron chi connectivity index (χ3n) is 6.87. The summed E-state index contributed by atoms with van der Waals surface area (Å²) in [5.74, 6) is 1.54. The van der Waals surface area contributed by atoms with Gasteiger partial charge in [0.1, 0.15) is 0 Å². The van der Waals surface area contributed by atoms with E-state index in [2.05, 4.69) is 55.8 Å². The lowest BCUT2D eigenvalue weighted by Crippen LogP contribution is -2.44. The first kappa shape index (κ1) is 23.2. The maximum atomic E-state index is 12.7. The molecule has 0 bridgehead atoms. The number of aromatic nitrogens is 6. The number of fused-ring (bicyclic) bond motifs is 1. The van der Waals surface area contributed by atoms with E-state index in [1.165, 1.54) is 5.56 Å². The number of hydrogen-bond donors (Lipinski definition) is 1. The van der Waals surface area contributed by atoms with Gasteiger partial charge in [-0.05, 0) is 63.3 Å². The van der Waals surface area contributed by atoms with Crippen LogP contribution < -0.4 is 5.32 Å². The molecule has 0 saturated carbocycles. The molecular formula is C26H32N8O.